The van der Waals surface area contributed by atoms with Gasteiger partial charge in [-0.05, 0) is 22.5 Å². The molecule has 0 aliphatic heterocycles. The number of aromatic nitrogens is 2. The van der Waals surface area contributed by atoms with Crippen LogP contribution in [0.3, 0.4) is 0 Å². The number of nitrogens with one attached hydrogen (secondary N) is 2. The molecule has 0 amide bonds. The van der Waals surface area contributed by atoms with Crippen LogP contribution in [0.2, 0.25) is 0 Å². The standard InChI is InChI=1S/C17H25N3/c1-12(2)11-18-16-10-15(19-20-16)13-6-8-14(9-7-13)17(3,4)5/h6-10,12H,11H2,1-5H3,(H2,18,19,20). The molecule has 0 unspecified atom stereocenters. The number of hydrogen-bond donors (Lipinski definition) is 2. The van der Waals surface area contributed by atoms with Gasteiger partial charge in [-0.1, -0.05) is 58.9 Å². The highest BCUT2D eigenvalue weighted by atomic mass is 15.2. The van der Waals surface area contributed by atoms with Crippen LogP contribution in [-0.2, 0) is 5.41 Å². The number of H-pyrrole nitrogens is 1. The summed E-state index contributed by atoms with van der Waals surface area (Å²) in [6, 6.07) is 10.8. The first-order valence-corrected chi connectivity index (χ1v) is 7.26. The summed E-state index contributed by atoms with van der Waals surface area (Å²) in [6.45, 7) is 12.0. The predicted molar refractivity (Wildman–Crippen MR) is 86.1 cm³/mol. The third-order valence-corrected chi connectivity index (χ3v) is 3.33. The molecule has 108 valence electrons. The molecule has 2 N–H and O–H groups in total. The number of rotatable bonds is 4. The van der Waals surface area contributed by atoms with Crippen LogP contribution in [-0.4, -0.2) is 16.7 Å². The van der Waals surface area contributed by atoms with Gasteiger partial charge in [-0.15, -0.1) is 0 Å². The quantitative estimate of drug-likeness (QED) is 0.863. The van der Waals surface area contributed by atoms with E-state index in [4.69, 9.17) is 0 Å². The van der Waals surface area contributed by atoms with Crippen molar-refractivity contribution in [3.8, 4) is 11.3 Å². The molecule has 3 nitrogen and oxygen atoms in total. The van der Waals surface area contributed by atoms with Crippen LogP contribution in [0.4, 0.5) is 5.82 Å². The average molecular weight is 271 g/mol. The maximum absolute atomic E-state index is 4.30. The van der Waals surface area contributed by atoms with E-state index in [2.05, 4.69) is 80.5 Å². The second kappa shape index (κ2) is 5.70. The normalized spacial score (nSPS) is 11.9. The van der Waals surface area contributed by atoms with Crippen LogP contribution in [0.15, 0.2) is 30.3 Å². The maximum atomic E-state index is 4.30. The molecule has 0 radical (unpaired) electrons. The van der Waals surface area contributed by atoms with E-state index in [1.807, 2.05) is 0 Å². The Kier molecular flexibility index (Phi) is 4.17. The van der Waals surface area contributed by atoms with Crippen LogP contribution in [0.25, 0.3) is 11.3 Å². The van der Waals surface area contributed by atoms with Crippen molar-refractivity contribution in [2.24, 2.45) is 5.92 Å². The number of aromatic amines is 1. The summed E-state index contributed by atoms with van der Waals surface area (Å²) in [5.41, 5.74) is 3.76. The summed E-state index contributed by atoms with van der Waals surface area (Å²) in [5.74, 6) is 1.52. The minimum Gasteiger partial charge on any atom is -0.368 e. The third kappa shape index (κ3) is 3.62. The molecule has 0 fully saturated rings. The minimum atomic E-state index is 0.191. The molecule has 0 aliphatic rings. The molecule has 0 aliphatic carbocycles. The van der Waals surface area contributed by atoms with Crippen LogP contribution in [0.1, 0.15) is 40.2 Å². The maximum Gasteiger partial charge on any atom is 0.148 e. The number of hydrogen-bond acceptors (Lipinski definition) is 2. The molecular weight excluding hydrogens is 246 g/mol. The lowest BCUT2D eigenvalue weighted by atomic mass is 9.86. The first-order valence-electron chi connectivity index (χ1n) is 7.26. The summed E-state index contributed by atoms with van der Waals surface area (Å²) < 4.78 is 0. The van der Waals surface area contributed by atoms with Crippen LogP contribution in [0.5, 0.6) is 0 Å². The number of nitrogens with zero attached hydrogens (tertiary/aromatic N) is 1. The van der Waals surface area contributed by atoms with Gasteiger partial charge in [0.25, 0.3) is 0 Å². The van der Waals surface area contributed by atoms with Crippen molar-refractivity contribution in [3.63, 3.8) is 0 Å². The molecule has 2 rings (SSSR count). The Bertz CT molecular complexity index is 544. The van der Waals surface area contributed by atoms with E-state index in [0.29, 0.717) is 5.92 Å². The van der Waals surface area contributed by atoms with Crippen molar-refractivity contribution in [3.05, 3.63) is 35.9 Å². The SMILES string of the molecule is CC(C)CNc1cc(-c2ccc(C(C)(C)C)cc2)[nH]n1. The van der Waals surface area contributed by atoms with Gasteiger partial charge in [-0.3, -0.25) is 5.10 Å². The van der Waals surface area contributed by atoms with Gasteiger partial charge >= 0.3 is 0 Å². The van der Waals surface area contributed by atoms with Crippen molar-refractivity contribution >= 4 is 5.82 Å². The summed E-state index contributed by atoms with van der Waals surface area (Å²) in [5, 5.41) is 10.7. The lowest BCUT2D eigenvalue weighted by Crippen LogP contribution is -2.10. The Morgan fingerprint density at radius 2 is 1.80 bits per heavy atom. The van der Waals surface area contributed by atoms with Gasteiger partial charge in [-0.2, -0.15) is 5.10 Å². The summed E-state index contributed by atoms with van der Waals surface area (Å²) in [6.07, 6.45) is 0. The fraction of sp³-hybridized carbons (Fsp3) is 0.471. The van der Waals surface area contributed by atoms with Crippen LogP contribution >= 0.6 is 0 Å². The first kappa shape index (κ1) is 14.6. The van der Waals surface area contributed by atoms with Crippen molar-refractivity contribution in [1.29, 1.82) is 0 Å². The molecule has 0 saturated carbocycles. The number of anilines is 1. The van der Waals surface area contributed by atoms with E-state index in [1.165, 1.54) is 11.1 Å². The van der Waals surface area contributed by atoms with Crippen molar-refractivity contribution < 1.29 is 0 Å². The lowest BCUT2D eigenvalue weighted by Gasteiger charge is -2.18. The van der Waals surface area contributed by atoms with Gasteiger partial charge in [0.1, 0.15) is 5.82 Å². The van der Waals surface area contributed by atoms with Crippen molar-refractivity contribution in [1.82, 2.24) is 10.2 Å². The van der Waals surface area contributed by atoms with E-state index in [1.54, 1.807) is 0 Å². The highest BCUT2D eigenvalue weighted by Crippen LogP contribution is 2.26. The topological polar surface area (TPSA) is 40.7 Å². The molecular formula is C17H25N3. The zero-order valence-electron chi connectivity index (χ0n) is 13.1. The molecule has 0 bridgehead atoms. The Labute approximate surface area is 121 Å². The minimum absolute atomic E-state index is 0.191. The molecule has 1 aromatic heterocycles. The Hall–Kier alpha value is -1.77. The van der Waals surface area contributed by atoms with Crippen LogP contribution < -0.4 is 5.32 Å². The Balaban J connectivity index is 2.12. The fourth-order valence-corrected chi connectivity index (χ4v) is 2.02. The summed E-state index contributed by atoms with van der Waals surface area (Å²) in [7, 11) is 0. The number of benzene rings is 1. The monoisotopic (exact) mass is 271 g/mol. The van der Waals surface area contributed by atoms with E-state index in [0.717, 1.165) is 18.1 Å². The molecule has 20 heavy (non-hydrogen) atoms. The fourth-order valence-electron chi connectivity index (χ4n) is 2.02. The second-order valence-corrected chi connectivity index (χ2v) is 6.77. The lowest BCUT2D eigenvalue weighted by molar-refractivity contribution is 0.590. The Morgan fingerprint density at radius 3 is 2.35 bits per heavy atom. The van der Waals surface area contributed by atoms with Crippen molar-refractivity contribution in [2.45, 2.75) is 40.0 Å². The molecule has 0 saturated heterocycles. The second-order valence-electron chi connectivity index (χ2n) is 6.77. The zero-order valence-corrected chi connectivity index (χ0v) is 13.1. The van der Waals surface area contributed by atoms with Gasteiger partial charge in [0.2, 0.25) is 0 Å². The predicted octanol–water partition coefficient (Wildman–Crippen LogP) is 4.44. The molecule has 1 heterocycles. The molecule has 2 aromatic rings. The largest absolute Gasteiger partial charge is 0.368 e. The van der Waals surface area contributed by atoms with E-state index in [9.17, 15) is 0 Å². The zero-order chi connectivity index (χ0) is 14.8. The van der Waals surface area contributed by atoms with Gasteiger partial charge in [-0.25, -0.2) is 0 Å². The van der Waals surface area contributed by atoms with Crippen LogP contribution in [0, 0.1) is 5.92 Å². The molecule has 0 spiro atoms. The summed E-state index contributed by atoms with van der Waals surface area (Å²) >= 11 is 0. The molecule has 1 aromatic carbocycles. The first-order chi connectivity index (χ1) is 9.36. The molecule has 3 heteroatoms. The molecule has 0 atom stereocenters. The average Bonchev–Trinajstić information content (AvgIpc) is 2.84. The summed E-state index contributed by atoms with van der Waals surface area (Å²) in [4.78, 5) is 0. The van der Waals surface area contributed by atoms with Gasteiger partial charge in [0.15, 0.2) is 0 Å². The van der Waals surface area contributed by atoms with Gasteiger partial charge in [0, 0.05) is 12.6 Å². The van der Waals surface area contributed by atoms with Gasteiger partial charge in [0.05, 0.1) is 5.69 Å². The van der Waals surface area contributed by atoms with E-state index in [-0.39, 0.29) is 5.41 Å². The highest BCUT2D eigenvalue weighted by molar-refractivity contribution is 5.63. The van der Waals surface area contributed by atoms with Gasteiger partial charge < -0.3 is 5.32 Å². The van der Waals surface area contributed by atoms with E-state index < -0.39 is 0 Å². The smallest absolute Gasteiger partial charge is 0.148 e. The van der Waals surface area contributed by atoms with E-state index >= 15 is 0 Å². The highest BCUT2D eigenvalue weighted by Gasteiger charge is 2.13. The third-order valence-electron chi connectivity index (χ3n) is 3.33. The van der Waals surface area contributed by atoms with Crippen molar-refractivity contribution in [2.75, 3.05) is 11.9 Å². The Morgan fingerprint density at radius 1 is 1.15 bits per heavy atom.